The van der Waals surface area contributed by atoms with Crippen molar-refractivity contribution in [2.45, 2.75) is 0 Å². The summed E-state index contributed by atoms with van der Waals surface area (Å²) >= 11 is 12.0. The monoisotopic (exact) mass is 359 g/mol. The number of hydrogen-bond acceptors (Lipinski definition) is 4. The van der Waals surface area contributed by atoms with Crippen molar-refractivity contribution in [2.75, 3.05) is 0 Å². The van der Waals surface area contributed by atoms with Gasteiger partial charge < -0.3 is 5.11 Å². The molecule has 24 heavy (non-hydrogen) atoms. The van der Waals surface area contributed by atoms with E-state index in [9.17, 15) is 9.90 Å². The molecule has 1 aromatic heterocycles. The smallest absolute Gasteiger partial charge is 0.271 e. The van der Waals surface area contributed by atoms with Gasteiger partial charge in [-0.05, 0) is 36.4 Å². The first-order chi connectivity index (χ1) is 11.6. The Morgan fingerprint density at radius 3 is 2.83 bits per heavy atom. The number of carbonyl (C=O) groups is 1. The minimum atomic E-state index is -0.418. The second-order valence-corrected chi connectivity index (χ2v) is 5.75. The van der Waals surface area contributed by atoms with Crippen LogP contribution in [-0.4, -0.2) is 22.2 Å². The van der Waals surface area contributed by atoms with Gasteiger partial charge in [0.15, 0.2) is 5.75 Å². The molecule has 0 spiro atoms. The Bertz CT molecular complexity index is 958. The number of phenols is 1. The molecular formula is C17H11Cl2N3O2. The van der Waals surface area contributed by atoms with Gasteiger partial charge >= 0.3 is 0 Å². The molecule has 1 amide bonds. The lowest BCUT2D eigenvalue weighted by atomic mass is 10.1. The van der Waals surface area contributed by atoms with Crippen molar-refractivity contribution in [3.05, 3.63) is 69.8 Å². The van der Waals surface area contributed by atoms with Crippen molar-refractivity contribution in [1.82, 2.24) is 10.4 Å². The number of halogens is 2. The van der Waals surface area contributed by atoms with Crippen molar-refractivity contribution in [3.8, 4) is 5.75 Å². The Morgan fingerprint density at radius 1 is 1.21 bits per heavy atom. The lowest BCUT2D eigenvalue weighted by Crippen LogP contribution is -2.17. The summed E-state index contributed by atoms with van der Waals surface area (Å²) in [6.45, 7) is 0. The molecule has 1 heterocycles. The largest absolute Gasteiger partial charge is 0.505 e. The van der Waals surface area contributed by atoms with Crippen LogP contribution in [0.2, 0.25) is 10.0 Å². The number of amides is 1. The fraction of sp³-hybridized carbons (Fsp3) is 0. The molecule has 2 N–H and O–H groups in total. The molecule has 5 nitrogen and oxygen atoms in total. The summed E-state index contributed by atoms with van der Waals surface area (Å²) in [6.07, 6.45) is 2.86. The second-order valence-electron chi connectivity index (χ2n) is 4.91. The summed E-state index contributed by atoms with van der Waals surface area (Å²) in [5, 5.41) is 15.6. The zero-order chi connectivity index (χ0) is 17.1. The van der Waals surface area contributed by atoms with E-state index in [1.54, 1.807) is 42.6 Å². The minimum Gasteiger partial charge on any atom is -0.505 e. The van der Waals surface area contributed by atoms with Crippen molar-refractivity contribution < 1.29 is 9.90 Å². The SMILES string of the molecule is O=C(N/N=C\c1cc(Cl)c2cccnc2c1O)c1cccc(Cl)c1. The van der Waals surface area contributed by atoms with Crippen LogP contribution in [0.15, 0.2) is 53.8 Å². The molecule has 0 radical (unpaired) electrons. The third-order valence-electron chi connectivity index (χ3n) is 3.30. The Morgan fingerprint density at radius 2 is 2.04 bits per heavy atom. The van der Waals surface area contributed by atoms with E-state index in [1.807, 2.05) is 0 Å². The van der Waals surface area contributed by atoms with Gasteiger partial charge in [0, 0.05) is 27.7 Å². The van der Waals surface area contributed by atoms with Gasteiger partial charge in [-0.1, -0.05) is 29.3 Å². The molecule has 7 heteroatoms. The number of rotatable bonds is 3. The molecule has 0 saturated heterocycles. The van der Waals surface area contributed by atoms with Gasteiger partial charge in [0.1, 0.15) is 5.52 Å². The first kappa shape index (κ1) is 16.2. The average molecular weight is 360 g/mol. The van der Waals surface area contributed by atoms with Gasteiger partial charge in [-0.3, -0.25) is 9.78 Å². The number of aromatic hydroxyl groups is 1. The van der Waals surface area contributed by atoms with Crippen molar-refractivity contribution in [1.29, 1.82) is 0 Å². The molecule has 0 aliphatic heterocycles. The van der Waals surface area contributed by atoms with Gasteiger partial charge in [-0.2, -0.15) is 5.10 Å². The second kappa shape index (κ2) is 6.86. The third-order valence-corrected chi connectivity index (χ3v) is 3.85. The molecule has 120 valence electrons. The van der Waals surface area contributed by atoms with Gasteiger partial charge in [-0.25, -0.2) is 5.43 Å². The number of pyridine rings is 1. The highest BCUT2D eigenvalue weighted by molar-refractivity contribution is 6.36. The predicted molar refractivity (Wildman–Crippen MR) is 94.9 cm³/mol. The zero-order valence-electron chi connectivity index (χ0n) is 12.2. The first-order valence-electron chi connectivity index (χ1n) is 6.91. The highest BCUT2D eigenvalue weighted by Crippen LogP contribution is 2.31. The molecule has 0 aliphatic rings. The predicted octanol–water partition coefficient (Wildman–Crippen LogP) is 4.01. The fourth-order valence-electron chi connectivity index (χ4n) is 2.16. The molecule has 0 fully saturated rings. The summed E-state index contributed by atoms with van der Waals surface area (Å²) in [5.74, 6) is -0.478. The van der Waals surface area contributed by atoms with Crippen LogP contribution in [0.3, 0.4) is 0 Å². The topological polar surface area (TPSA) is 74.6 Å². The molecule has 0 aliphatic carbocycles. The van der Waals surface area contributed by atoms with Crippen LogP contribution in [0.25, 0.3) is 10.9 Å². The van der Waals surface area contributed by atoms with Gasteiger partial charge in [0.2, 0.25) is 0 Å². The van der Waals surface area contributed by atoms with E-state index in [0.717, 1.165) is 0 Å². The maximum atomic E-state index is 12.0. The van der Waals surface area contributed by atoms with Gasteiger partial charge in [-0.15, -0.1) is 0 Å². The Hall–Kier alpha value is -2.63. The number of aromatic nitrogens is 1. The van der Waals surface area contributed by atoms with E-state index in [2.05, 4.69) is 15.5 Å². The van der Waals surface area contributed by atoms with Crippen molar-refractivity contribution in [3.63, 3.8) is 0 Å². The average Bonchev–Trinajstić information content (AvgIpc) is 2.59. The molecule has 0 atom stereocenters. The maximum absolute atomic E-state index is 12.0. The van der Waals surface area contributed by atoms with Crippen LogP contribution in [0.5, 0.6) is 5.75 Å². The number of carbonyl (C=O) groups excluding carboxylic acids is 1. The van der Waals surface area contributed by atoms with Crippen LogP contribution < -0.4 is 5.43 Å². The number of hydrazone groups is 1. The molecular weight excluding hydrogens is 349 g/mol. The quantitative estimate of drug-likeness (QED) is 0.547. The fourth-order valence-corrected chi connectivity index (χ4v) is 2.62. The van der Waals surface area contributed by atoms with E-state index >= 15 is 0 Å². The Balaban J connectivity index is 1.83. The van der Waals surface area contributed by atoms with Crippen molar-refractivity contribution in [2.24, 2.45) is 5.10 Å². The van der Waals surface area contributed by atoms with E-state index in [0.29, 0.717) is 32.1 Å². The van der Waals surface area contributed by atoms with Crippen LogP contribution in [0.1, 0.15) is 15.9 Å². The number of nitrogens with zero attached hydrogens (tertiary/aromatic N) is 2. The Labute approximate surface area is 147 Å². The number of nitrogens with one attached hydrogen (secondary N) is 1. The first-order valence-corrected chi connectivity index (χ1v) is 7.67. The number of hydrogen-bond donors (Lipinski definition) is 2. The molecule has 2 aromatic carbocycles. The van der Waals surface area contributed by atoms with E-state index < -0.39 is 5.91 Å². The number of benzene rings is 2. The van der Waals surface area contributed by atoms with Crippen LogP contribution in [0.4, 0.5) is 0 Å². The summed E-state index contributed by atoms with van der Waals surface area (Å²) in [6, 6.07) is 11.5. The standard InChI is InChI=1S/C17H11Cl2N3O2/c18-12-4-1-3-10(7-12)17(24)22-21-9-11-8-14(19)13-5-2-6-20-15(13)16(11)23/h1-9,23H,(H,22,24)/b21-9-. The van der Waals surface area contributed by atoms with Crippen molar-refractivity contribution >= 4 is 46.2 Å². The third kappa shape index (κ3) is 3.32. The summed E-state index contributed by atoms with van der Waals surface area (Å²) in [5.41, 5.74) is 3.46. The van der Waals surface area contributed by atoms with E-state index in [-0.39, 0.29) is 5.75 Å². The molecule has 3 aromatic rings. The summed E-state index contributed by atoms with van der Waals surface area (Å²) < 4.78 is 0. The summed E-state index contributed by atoms with van der Waals surface area (Å²) in [4.78, 5) is 16.1. The molecule has 0 saturated carbocycles. The normalized spacial score (nSPS) is 11.1. The van der Waals surface area contributed by atoms with Crippen LogP contribution >= 0.6 is 23.2 Å². The highest BCUT2D eigenvalue weighted by Gasteiger charge is 2.10. The molecule has 3 rings (SSSR count). The van der Waals surface area contributed by atoms with Gasteiger partial charge in [0.05, 0.1) is 11.2 Å². The number of phenolic OH excluding ortho intramolecular Hbond substituents is 1. The van der Waals surface area contributed by atoms with E-state index in [4.69, 9.17) is 23.2 Å². The lowest BCUT2D eigenvalue weighted by molar-refractivity contribution is 0.0955. The molecule has 0 bridgehead atoms. The highest BCUT2D eigenvalue weighted by atomic mass is 35.5. The zero-order valence-corrected chi connectivity index (χ0v) is 13.7. The summed E-state index contributed by atoms with van der Waals surface area (Å²) in [7, 11) is 0. The maximum Gasteiger partial charge on any atom is 0.271 e. The number of fused-ring (bicyclic) bond motifs is 1. The van der Waals surface area contributed by atoms with Gasteiger partial charge in [0.25, 0.3) is 5.91 Å². The van der Waals surface area contributed by atoms with Crippen LogP contribution in [-0.2, 0) is 0 Å². The minimum absolute atomic E-state index is 0.0595. The Kier molecular flexibility index (Phi) is 4.64. The van der Waals surface area contributed by atoms with E-state index in [1.165, 1.54) is 12.3 Å². The van der Waals surface area contributed by atoms with Crippen LogP contribution in [0, 0.1) is 0 Å². The lowest BCUT2D eigenvalue weighted by Gasteiger charge is -2.05. The molecule has 0 unspecified atom stereocenters.